The Morgan fingerprint density at radius 1 is 1.14 bits per heavy atom. The molecule has 0 bridgehead atoms. The summed E-state index contributed by atoms with van der Waals surface area (Å²) in [7, 11) is 0. The first-order valence-electron chi connectivity index (χ1n) is 6.84. The van der Waals surface area contributed by atoms with Gasteiger partial charge in [0.15, 0.2) is 0 Å². The molecular formula is C17H17N3O. The lowest BCUT2D eigenvalue weighted by Crippen LogP contribution is -2.19. The van der Waals surface area contributed by atoms with E-state index < -0.39 is 0 Å². The minimum absolute atomic E-state index is 0.0648. The molecule has 1 heterocycles. The van der Waals surface area contributed by atoms with E-state index >= 15 is 0 Å². The summed E-state index contributed by atoms with van der Waals surface area (Å²) in [5.74, 6) is -0.0648. The van der Waals surface area contributed by atoms with Crippen molar-refractivity contribution in [2.45, 2.75) is 13.5 Å². The number of benzene rings is 2. The summed E-state index contributed by atoms with van der Waals surface area (Å²) in [6.07, 6.45) is 0. The fourth-order valence-electron chi connectivity index (χ4n) is 2.52. The maximum absolute atomic E-state index is 12.2. The second kappa shape index (κ2) is 5.32. The smallest absolute Gasteiger partial charge is 0.244 e. The normalized spacial score (nSPS) is 10.7. The Kier molecular flexibility index (Phi) is 3.36. The highest BCUT2D eigenvalue weighted by atomic mass is 16.1. The number of fused-ring (bicyclic) bond motifs is 1. The highest BCUT2D eigenvalue weighted by molar-refractivity contribution is 5.92. The van der Waals surface area contributed by atoms with Crippen LogP contribution in [0.3, 0.4) is 0 Å². The molecular weight excluding hydrogens is 262 g/mol. The highest BCUT2D eigenvalue weighted by Gasteiger charge is 2.09. The summed E-state index contributed by atoms with van der Waals surface area (Å²) in [5.41, 5.74) is 9.20. The molecule has 3 N–H and O–H groups in total. The van der Waals surface area contributed by atoms with Gasteiger partial charge in [0.25, 0.3) is 0 Å². The van der Waals surface area contributed by atoms with Crippen molar-refractivity contribution < 1.29 is 4.79 Å². The first kappa shape index (κ1) is 13.2. The van der Waals surface area contributed by atoms with Crippen molar-refractivity contribution in [3.8, 4) is 0 Å². The van der Waals surface area contributed by atoms with Crippen LogP contribution in [0.5, 0.6) is 0 Å². The summed E-state index contributed by atoms with van der Waals surface area (Å²) in [6.45, 7) is 2.29. The third-order valence-electron chi connectivity index (χ3n) is 3.49. The molecule has 106 valence electrons. The van der Waals surface area contributed by atoms with E-state index in [9.17, 15) is 4.79 Å². The van der Waals surface area contributed by atoms with Gasteiger partial charge >= 0.3 is 0 Å². The van der Waals surface area contributed by atoms with Gasteiger partial charge < -0.3 is 15.6 Å². The molecule has 0 spiro atoms. The second-order valence-electron chi connectivity index (χ2n) is 5.10. The van der Waals surface area contributed by atoms with Crippen LogP contribution in [0.2, 0.25) is 0 Å². The average Bonchev–Trinajstić information content (AvgIpc) is 2.75. The molecule has 0 atom stereocenters. The lowest BCUT2D eigenvalue weighted by molar-refractivity contribution is -0.116. The Labute approximate surface area is 123 Å². The molecule has 3 rings (SSSR count). The Balaban J connectivity index is 1.82. The molecule has 1 aromatic heterocycles. The molecule has 0 aliphatic heterocycles. The molecule has 21 heavy (non-hydrogen) atoms. The molecule has 0 aliphatic rings. The lowest BCUT2D eigenvalue weighted by atomic mass is 10.2. The first-order chi connectivity index (χ1) is 10.1. The Morgan fingerprint density at radius 2 is 1.95 bits per heavy atom. The van der Waals surface area contributed by atoms with Crippen LogP contribution in [0.4, 0.5) is 11.4 Å². The van der Waals surface area contributed by atoms with Gasteiger partial charge in [-0.15, -0.1) is 0 Å². The largest absolute Gasteiger partial charge is 0.399 e. The monoisotopic (exact) mass is 279 g/mol. The fourth-order valence-corrected chi connectivity index (χ4v) is 2.52. The molecule has 0 saturated heterocycles. The summed E-state index contributed by atoms with van der Waals surface area (Å²) >= 11 is 0. The number of rotatable bonds is 3. The lowest BCUT2D eigenvalue weighted by Gasteiger charge is -2.09. The zero-order chi connectivity index (χ0) is 14.8. The van der Waals surface area contributed by atoms with Gasteiger partial charge in [0.1, 0.15) is 6.54 Å². The van der Waals surface area contributed by atoms with E-state index in [4.69, 9.17) is 5.73 Å². The predicted molar refractivity (Wildman–Crippen MR) is 86.2 cm³/mol. The van der Waals surface area contributed by atoms with Crippen molar-refractivity contribution in [3.63, 3.8) is 0 Å². The summed E-state index contributed by atoms with van der Waals surface area (Å²) in [5, 5.41) is 4.02. The number of nitrogens with one attached hydrogen (secondary N) is 1. The SMILES string of the molecule is Cc1cc2ccccc2n1CC(=O)Nc1cccc(N)c1. The van der Waals surface area contributed by atoms with E-state index in [1.165, 1.54) is 0 Å². The maximum atomic E-state index is 12.2. The summed E-state index contributed by atoms with van der Waals surface area (Å²) < 4.78 is 2.01. The molecule has 1 amide bonds. The number of carbonyl (C=O) groups is 1. The first-order valence-corrected chi connectivity index (χ1v) is 6.84. The van der Waals surface area contributed by atoms with Gasteiger partial charge in [0, 0.05) is 22.6 Å². The van der Waals surface area contributed by atoms with Gasteiger partial charge in [-0.3, -0.25) is 4.79 Å². The zero-order valence-electron chi connectivity index (χ0n) is 11.8. The third-order valence-corrected chi connectivity index (χ3v) is 3.49. The Bertz CT molecular complexity index is 805. The van der Waals surface area contributed by atoms with Crippen LogP contribution >= 0.6 is 0 Å². The number of carbonyl (C=O) groups excluding carboxylic acids is 1. The minimum Gasteiger partial charge on any atom is -0.399 e. The van der Waals surface area contributed by atoms with Gasteiger partial charge in [-0.2, -0.15) is 0 Å². The third kappa shape index (κ3) is 2.74. The summed E-state index contributed by atoms with van der Waals surface area (Å²) in [6, 6.07) is 17.3. The van der Waals surface area contributed by atoms with Gasteiger partial charge in [0.05, 0.1) is 0 Å². The Hall–Kier alpha value is -2.75. The number of nitrogens with zero attached hydrogens (tertiary/aromatic N) is 1. The minimum atomic E-state index is -0.0648. The van der Waals surface area contributed by atoms with Crippen molar-refractivity contribution >= 4 is 28.2 Å². The van der Waals surface area contributed by atoms with Crippen molar-refractivity contribution in [2.24, 2.45) is 0 Å². The van der Waals surface area contributed by atoms with Crippen LogP contribution in [0.1, 0.15) is 5.69 Å². The van der Waals surface area contributed by atoms with Gasteiger partial charge in [-0.25, -0.2) is 0 Å². The number of para-hydroxylation sites is 1. The number of hydrogen-bond donors (Lipinski definition) is 2. The molecule has 0 fully saturated rings. The van der Waals surface area contributed by atoms with Crippen molar-refractivity contribution in [1.29, 1.82) is 0 Å². The van der Waals surface area contributed by atoms with Gasteiger partial charge in [0.2, 0.25) is 5.91 Å². The van der Waals surface area contributed by atoms with E-state index in [0.717, 1.165) is 16.6 Å². The zero-order valence-corrected chi connectivity index (χ0v) is 11.8. The number of aromatic nitrogens is 1. The van der Waals surface area contributed by atoms with Crippen molar-refractivity contribution in [1.82, 2.24) is 4.57 Å². The van der Waals surface area contributed by atoms with E-state index in [0.29, 0.717) is 11.4 Å². The van der Waals surface area contributed by atoms with Crippen LogP contribution in [0, 0.1) is 6.92 Å². The quantitative estimate of drug-likeness (QED) is 0.723. The second-order valence-corrected chi connectivity index (χ2v) is 5.10. The molecule has 4 heteroatoms. The van der Waals surface area contributed by atoms with E-state index in [1.54, 1.807) is 12.1 Å². The van der Waals surface area contributed by atoms with Crippen LogP contribution in [0.15, 0.2) is 54.6 Å². The van der Waals surface area contributed by atoms with Crippen LogP contribution < -0.4 is 11.1 Å². The summed E-state index contributed by atoms with van der Waals surface area (Å²) in [4.78, 5) is 12.2. The number of hydrogen-bond acceptors (Lipinski definition) is 2. The molecule has 0 saturated carbocycles. The van der Waals surface area contributed by atoms with Gasteiger partial charge in [-0.1, -0.05) is 24.3 Å². The van der Waals surface area contributed by atoms with E-state index in [2.05, 4.69) is 17.4 Å². The number of anilines is 2. The van der Waals surface area contributed by atoms with E-state index in [1.807, 2.05) is 41.8 Å². The molecule has 0 aliphatic carbocycles. The number of nitrogens with two attached hydrogens (primary N) is 1. The number of aryl methyl sites for hydroxylation is 1. The maximum Gasteiger partial charge on any atom is 0.244 e. The standard InChI is InChI=1S/C17H17N3O/c1-12-9-13-5-2-3-8-16(13)20(12)11-17(21)19-15-7-4-6-14(18)10-15/h2-10H,11,18H2,1H3,(H,19,21). The van der Waals surface area contributed by atoms with E-state index in [-0.39, 0.29) is 12.5 Å². The number of nitrogen functional groups attached to an aromatic ring is 1. The molecule has 0 unspecified atom stereocenters. The topological polar surface area (TPSA) is 60.0 Å². The van der Waals surface area contributed by atoms with Crippen LogP contribution in [0.25, 0.3) is 10.9 Å². The molecule has 3 aromatic rings. The number of amides is 1. The fraction of sp³-hybridized carbons (Fsp3) is 0.118. The molecule has 2 aromatic carbocycles. The van der Waals surface area contributed by atoms with Gasteiger partial charge in [-0.05, 0) is 42.6 Å². The average molecular weight is 279 g/mol. The van der Waals surface area contributed by atoms with Crippen LogP contribution in [-0.2, 0) is 11.3 Å². The molecule has 4 nitrogen and oxygen atoms in total. The van der Waals surface area contributed by atoms with Crippen molar-refractivity contribution in [3.05, 3.63) is 60.3 Å². The molecule has 0 radical (unpaired) electrons. The Morgan fingerprint density at radius 3 is 2.76 bits per heavy atom. The van der Waals surface area contributed by atoms with Crippen LogP contribution in [-0.4, -0.2) is 10.5 Å². The van der Waals surface area contributed by atoms with Crippen molar-refractivity contribution in [2.75, 3.05) is 11.1 Å². The highest BCUT2D eigenvalue weighted by Crippen LogP contribution is 2.19. The predicted octanol–water partition coefficient (Wildman–Crippen LogP) is 3.17.